The normalized spacial score (nSPS) is 16.7. The highest BCUT2D eigenvalue weighted by Gasteiger charge is 2.27. The standard InChI is InChI=1S/C19H18Cl2FN3O/c1-11-6-18(23-10-25(2)3)15(21)8-14(11)19-9-17(24-26-19)13-5-4-12(20)7-16(13)22/h4-8,10,19H,9H2,1-3H3. The predicted octanol–water partition coefficient (Wildman–Crippen LogP) is 5.53. The largest absolute Gasteiger partial charge is 0.387 e. The molecule has 0 bridgehead atoms. The number of hydrogen-bond acceptors (Lipinski definition) is 3. The molecule has 1 aliphatic rings. The zero-order valence-corrected chi connectivity index (χ0v) is 16.1. The Morgan fingerprint density at radius 3 is 2.73 bits per heavy atom. The summed E-state index contributed by atoms with van der Waals surface area (Å²) in [6, 6.07) is 8.26. The van der Waals surface area contributed by atoms with E-state index in [9.17, 15) is 4.39 Å². The van der Waals surface area contributed by atoms with Gasteiger partial charge < -0.3 is 9.74 Å². The number of aryl methyl sites for hydroxylation is 1. The van der Waals surface area contributed by atoms with Gasteiger partial charge in [0.05, 0.1) is 22.8 Å². The van der Waals surface area contributed by atoms with Crippen LogP contribution in [0, 0.1) is 12.7 Å². The van der Waals surface area contributed by atoms with Crippen molar-refractivity contribution in [2.24, 2.45) is 10.1 Å². The van der Waals surface area contributed by atoms with Crippen LogP contribution in [0.1, 0.15) is 29.2 Å². The number of halogens is 3. The average Bonchev–Trinajstić information content (AvgIpc) is 3.04. The van der Waals surface area contributed by atoms with Gasteiger partial charge in [0.15, 0.2) is 6.10 Å². The molecule has 7 heteroatoms. The zero-order valence-electron chi connectivity index (χ0n) is 14.6. The van der Waals surface area contributed by atoms with Crippen molar-refractivity contribution in [2.75, 3.05) is 14.1 Å². The molecular formula is C19H18Cl2FN3O. The summed E-state index contributed by atoms with van der Waals surface area (Å²) in [6.45, 7) is 1.96. The van der Waals surface area contributed by atoms with Gasteiger partial charge in [-0.1, -0.05) is 28.4 Å². The average molecular weight is 394 g/mol. The van der Waals surface area contributed by atoms with Gasteiger partial charge in [0.2, 0.25) is 0 Å². The number of aliphatic imine (C=N–C) groups is 1. The third kappa shape index (κ3) is 4.00. The molecule has 3 rings (SSSR count). The van der Waals surface area contributed by atoms with Gasteiger partial charge in [0.25, 0.3) is 0 Å². The molecule has 0 saturated heterocycles. The van der Waals surface area contributed by atoms with Crippen LogP contribution in [0.4, 0.5) is 10.1 Å². The fourth-order valence-electron chi connectivity index (χ4n) is 2.73. The Hall–Kier alpha value is -2.11. The van der Waals surface area contributed by atoms with Crippen molar-refractivity contribution >= 4 is 40.9 Å². The molecule has 4 nitrogen and oxygen atoms in total. The fourth-order valence-corrected chi connectivity index (χ4v) is 3.11. The van der Waals surface area contributed by atoms with Gasteiger partial charge in [0, 0.05) is 31.1 Å². The van der Waals surface area contributed by atoms with E-state index in [0.29, 0.717) is 33.4 Å². The molecule has 1 aliphatic heterocycles. The first kappa shape index (κ1) is 18.7. The fraction of sp³-hybridized carbons (Fsp3) is 0.263. The highest BCUT2D eigenvalue weighted by Crippen LogP contribution is 2.37. The lowest BCUT2D eigenvalue weighted by Crippen LogP contribution is -2.07. The van der Waals surface area contributed by atoms with Crippen molar-refractivity contribution in [1.29, 1.82) is 0 Å². The van der Waals surface area contributed by atoms with Crippen LogP contribution in [0.15, 0.2) is 40.5 Å². The number of nitrogens with zero attached hydrogens (tertiary/aromatic N) is 3. The Bertz CT molecular complexity index is 897. The highest BCUT2D eigenvalue weighted by molar-refractivity contribution is 6.33. The van der Waals surface area contributed by atoms with E-state index in [1.807, 2.05) is 38.1 Å². The van der Waals surface area contributed by atoms with Gasteiger partial charge in [-0.25, -0.2) is 9.38 Å². The van der Waals surface area contributed by atoms with Crippen LogP contribution in [0.2, 0.25) is 10.0 Å². The molecule has 1 heterocycles. The molecule has 1 unspecified atom stereocenters. The Balaban J connectivity index is 1.82. The van der Waals surface area contributed by atoms with E-state index >= 15 is 0 Å². The maximum Gasteiger partial charge on any atom is 0.158 e. The van der Waals surface area contributed by atoms with E-state index in [-0.39, 0.29) is 6.10 Å². The minimum atomic E-state index is -0.413. The maximum atomic E-state index is 14.1. The first-order chi connectivity index (χ1) is 12.3. The van der Waals surface area contributed by atoms with E-state index < -0.39 is 5.82 Å². The Morgan fingerprint density at radius 2 is 2.04 bits per heavy atom. The Morgan fingerprint density at radius 1 is 1.27 bits per heavy atom. The lowest BCUT2D eigenvalue weighted by atomic mass is 9.96. The third-order valence-electron chi connectivity index (χ3n) is 4.02. The summed E-state index contributed by atoms with van der Waals surface area (Å²) in [4.78, 5) is 11.7. The molecule has 26 heavy (non-hydrogen) atoms. The molecule has 0 spiro atoms. The second kappa shape index (κ2) is 7.64. The number of oxime groups is 1. The molecule has 2 aromatic carbocycles. The smallest absolute Gasteiger partial charge is 0.158 e. The zero-order chi connectivity index (χ0) is 18.8. The van der Waals surface area contributed by atoms with Crippen molar-refractivity contribution in [2.45, 2.75) is 19.4 Å². The minimum absolute atomic E-state index is 0.315. The van der Waals surface area contributed by atoms with Crippen LogP contribution in [0.5, 0.6) is 0 Å². The Kier molecular flexibility index (Phi) is 5.49. The molecular weight excluding hydrogens is 376 g/mol. The highest BCUT2D eigenvalue weighted by atomic mass is 35.5. The van der Waals surface area contributed by atoms with Crippen LogP contribution >= 0.6 is 23.2 Å². The molecule has 0 aliphatic carbocycles. The molecule has 0 saturated carbocycles. The van der Waals surface area contributed by atoms with Crippen molar-refractivity contribution in [3.63, 3.8) is 0 Å². The van der Waals surface area contributed by atoms with Crippen molar-refractivity contribution < 1.29 is 9.23 Å². The SMILES string of the molecule is Cc1cc(N=CN(C)C)c(Cl)cc1C1CC(c2ccc(Cl)cc2F)=NO1. The molecule has 0 amide bonds. The molecule has 136 valence electrons. The summed E-state index contributed by atoms with van der Waals surface area (Å²) < 4.78 is 14.1. The van der Waals surface area contributed by atoms with E-state index in [1.54, 1.807) is 18.5 Å². The van der Waals surface area contributed by atoms with Crippen LogP contribution in [0.3, 0.4) is 0 Å². The molecule has 0 N–H and O–H groups in total. The van der Waals surface area contributed by atoms with E-state index in [2.05, 4.69) is 10.1 Å². The topological polar surface area (TPSA) is 37.2 Å². The summed E-state index contributed by atoms with van der Waals surface area (Å²) in [5.41, 5.74) is 3.53. The predicted molar refractivity (Wildman–Crippen MR) is 104 cm³/mol. The number of hydrogen-bond donors (Lipinski definition) is 0. The summed E-state index contributed by atoms with van der Waals surface area (Å²) in [5.74, 6) is -0.413. The number of benzene rings is 2. The van der Waals surface area contributed by atoms with Crippen molar-refractivity contribution in [3.8, 4) is 0 Å². The lowest BCUT2D eigenvalue weighted by molar-refractivity contribution is 0.0853. The monoisotopic (exact) mass is 393 g/mol. The van der Waals surface area contributed by atoms with Gasteiger partial charge in [-0.2, -0.15) is 0 Å². The summed E-state index contributed by atoms with van der Waals surface area (Å²) in [7, 11) is 3.78. The van der Waals surface area contributed by atoms with Crippen molar-refractivity contribution in [3.05, 3.63) is 62.9 Å². The quantitative estimate of drug-likeness (QED) is 0.505. The minimum Gasteiger partial charge on any atom is -0.387 e. The lowest BCUT2D eigenvalue weighted by Gasteiger charge is -2.14. The molecule has 0 radical (unpaired) electrons. The van der Waals surface area contributed by atoms with E-state index in [0.717, 1.165) is 11.1 Å². The van der Waals surface area contributed by atoms with Crippen LogP contribution < -0.4 is 0 Å². The van der Waals surface area contributed by atoms with Gasteiger partial charge in [0.1, 0.15) is 5.82 Å². The molecule has 0 fully saturated rings. The maximum absolute atomic E-state index is 14.1. The third-order valence-corrected chi connectivity index (χ3v) is 4.56. The summed E-state index contributed by atoms with van der Waals surface area (Å²) in [5, 5.41) is 4.93. The molecule has 1 atom stereocenters. The van der Waals surface area contributed by atoms with Crippen LogP contribution in [-0.2, 0) is 4.84 Å². The summed E-state index contributed by atoms with van der Waals surface area (Å²) >= 11 is 12.2. The van der Waals surface area contributed by atoms with E-state index in [1.165, 1.54) is 6.07 Å². The van der Waals surface area contributed by atoms with E-state index in [4.69, 9.17) is 28.0 Å². The first-order valence-corrected chi connectivity index (χ1v) is 8.79. The summed E-state index contributed by atoms with van der Waals surface area (Å²) in [6.07, 6.45) is 1.83. The second-order valence-corrected chi connectivity index (χ2v) is 7.17. The molecule has 2 aromatic rings. The van der Waals surface area contributed by atoms with Gasteiger partial charge in [-0.15, -0.1) is 0 Å². The van der Waals surface area contributed by atoms with Gasteiger partial charge in [-0.3, -0.25) is 0 Å². The van der Waals surface area contributed by atoms with Gasteiger partial charge in [-0.05, 0) is 48.4 Å². The first-order valence-electron chi connectivity index (χ1n) is 8.04. The molecule has 0 aromatic heterocycles. The van der Waals surface area contributed by atoms with Crippen molar-refractivity contribution in [1.82, 2.24) is 4.90 Å². The second-order valence-electron chi connectivity index (χ2n) is 6.33. The Labute approximate surface area is 161 Å². The van der Waals surface area contributed by atoms with Crippen LogP contribution in [-0.4, -0.2) is 31.0 Å². The van der Waals surface area contributed by atoms with Crippen LogP contribution in [0.25, 0.3) is 0 Å². The van der Waals surface area contributed by atoms with Gasteiger partial charge >= 0.3 is 0 Å². The number of rotatable bonds is 4.